The number of halogens is 4. The number of rotatable bonds is 4. The lowest BCUT2D eigenvalue weighted by Gasteiger charge is -2.16. The van der Waals surface area contributed by atoms with Crippen LogP contribution in [0.2, 0.25) is 5.02 Å². The molecule has 0 aliphatic rings. The minimum Gasteiger partial charge on any atom is -0.506 e. The van der Waals surface area contributed by atoms with Gasteiger partial charge in [-0.3, -0.25) is 4.79 Å². The lowest BCUT2D eigenvalue weighted by molar-refractivity contribution is -0.137. The number of hydrogen-bond donors (Lipinski definition) is 2. The Morgan fingerprint density at radius 3 is 2.29 bits per heavy atom. The molecule has 144 valence electrons. The number of nitrogens with two attached hydrogens (primary N) is 1. The Morgan fingerprint density at radius 1 is 1.00 bits per heavy atom. The van der Waals surface area contributed by atoms with Crippen molar-refractivity contribution < 1.29 is 27.8 Å². The molecule has 0 fully saturated rings. The van der Waals surface area contributed by atoms with Crippen LogP contribution in [-0.4, -0.2) is 11.0 Å². The maximum absolute atomic E-state index is 13.2. The van der Waals surface area contributed by atoms with Crippen LogP contribution in [0.5, 0.6) is 17.2 Å². The zero-order valence-corrected chi connectivity index (χ0v) is 14.9. The summed E-state index contributed by atoms with van der Waals surface area (Å²) in [4.78, 5) is 11.5. The molecule has 0 aliphatic carbocycles. The summed E-state index contributed by atoms with van der Waals surface area (Å²) < 4.78 is 45.3. The van der Waals surface area contributed by atoms with Gasteiger partial charge in [-0.1, -0.05) is 23.7 Å². The van der Waals surface area contributed by atoms with Crippen molar-refractivity contribution in [1.29, 1.82) is 0 Å². The van der Waals surface area contributed by atoms with Crippen LogP contribution < -0.4 is 10.5 Å². The molecule has 0 aromatic heterocycles. The van der Waals surface area contributed by atoms with Crippen LogP contribution in [-0.2, 0) is 6.18 Å². The highest BCUT2D eigenvalue weighted by atomic mass is 35.5. The van der Waals surface area contributed by atoms with Gasteiger partial charge >= 0.3 is 6.18 Å². The van der Waals surface area contributed by atoms with Crippen molar-refractivity contribution >= 4 is 17.5 Å². The molecular weight excluding hydrogens is 395 g/mol. The highest BCUT2D eigenvalue weighted by Crippen LogP contribution is 2.42. The van der Waals surface area contributed by atoms with Crippen molar-refractivity contribution in [3.05, 3.63) is 76.8 Å². The van der Waals surface area contributed by atoms with E-state index in [0.29, 0.717) is 10.8 Å². The Kier molecular flexibility index (Phi) is 5.20. The minimum absolute atomic E-state index is 0.0219. The Labute approximate surface area is 162 Å². The number of benzene rings is 3. The average Bonchev–Trinajstić information content (AvgIpc) is 2.63. The quantitative estimate of drug-likeness (QED) is 0.589. The third kappa shape index (κ3) is 4.04. The molecule has 0 saturated carbocycles. The number of ether oxygens (including phenoxy) is 1. The van der Waals surface area contributed by atoms with Gasteiger partial charge in [0.05, 0.1) is 11.1 Å². The first-order valence-corrected chi connectivity index (χ1v) is 8.31. The van der Waals surface area contributed by atoms with E-state index in [2.05, 4.69) is 0 Å². The molecule has 0 aliphatic heterocycles. The van der Waals surface area contributed by atoms with Gasteiger partial charge in [-0.25, -0.2) is 0 Å². The number of carbonyl (C=O) groups excluding carboxylic acids is 1. The first-order valence-electron chi connectivity index (χ1n) is 7.93. The standard InChI is InChI=1S/C20H13ClF3NO3/c21-12-5-7-13(8-6-12)28-17-9-4-11(20(22,23)24)10-16(17)14-2-1-3-15(18(14)26)19(25)27/h1-10,26H,(H2,25,27). The summed E-state index contributed by atoms with van der Waals surface area (Å²) >= 11 is 5.82. The fourth-order valence-electron chi connectivity index (χ4n) is 2.60. The van der Waals surface area contributed by atoms with E-state index in [9.17, 15) is 23.1 Å². The summed E-state index contributed by atoms with van der Waals surface area (Å²) in [5, 5.41) is 10.8. The number of alkyl halides is 3. The smallest absolute Gasteiger partial charge is 0.416 e. The predicted octanol–water partition coefficient (Wildman–Crippen LogP) is 5.62. The topological polar surface area (TPSA) is 72.6 Å². The van der Waals surface area contributed by atoms with Crippen molar-refractivity contribution in [3.63, 3.8) is 0 Å². The minimum atomic E-state index is -4.61. The second-order valence-corrected chi connectivity index (χ2v) is 6.27. The molecular formula is C20H13ClF3NO3. The van der Waals surface area contributed by atoms with Gasteiger partial charge in [0.2, 0.25) is 0 Å². The van der Waals surface area contributed by atoms with Gasteiger partial charge in [-0.05, 0) is 48.5 Å². The van der Waals surface area contributed by atoms with Crippen molar-refractivity contribution in [2.75, 3.05) is 0 Å². The highest BCUT2D eigenvalue weighted by molar-refractivity contribution is 6.30. The Hall–Kier alpha value is -3.19. The summed E-state index contributed by atoms with van der Waals surface area (Å²) in [5.41, 5.74) is 3.99. The second-order valence-electron chi connectivity index (χ2n) is 5.83. The molecule has 1 amide bonds. The molecule has 0 saturated heterocycles. The maximum atomic E-state index is 13.2. The summed E-state index contributed by atoms with van der Waals surface area (Å²) in [6.45, 7) is 0. The molecule has 8 heteroatoms. The van der Waals surface area contributed by atoms with Crippen LogP contribution in [0.4, 0.5) is 13.2 Å². The number of phenols is 1. The lowest BCUT2D eigenvalue weighted by atomic mass is 9.98. The van der Waals surface area contributed by atoms with Gasteiger partial charge in [-0.15, -0.1) is 0 Å². The van der Waals surface area contributed by atoms with E-state index < -0.39 is 23.4 Å². The second kappa shape index (κ2) is 7.44. The Morgan fingerprint density at radius 2 is 1.68 bits per heavy atom. The molecule has 3 N–H and O–H groups in total. The molecule has 3 aromatic carbocycles. The van der Waals surface area contributed by atoms with E-state index in [-0.39, 0.29) is 22.4 Å². The van der Waals surface area contributed by atoms with Gasteiger partial charge in [0.15, 0.2) is 0 Å². The van der Waals surface area contributed by atoms with E-state index in [1.54, 1.807) is 24.3 Å². The molecule has 0 atom stereocenters. The largest absolute Gasteiger partial charge is 0.506 e. The third-order valence-corrected chi connectivity index (χ3v) is 4.19. The molecule has 0 radical (unpaired) electrons. The van der Waals surface area contributed by atoms with Gasteiger partial charge in [0.25, 0.3) is 5.91 Å². The van der Waals surface area contributed by atoms with E-state index in [4.69, 9.17) is 22.1 Å². The number of carbonyl (C=O) groups is 1. The normalized spacial score (nSPS) is 11.3. The number of aromatic hydroxyl groups is 1. The SMILES string of the molecule is NC(=O)c1cccc(-c2cc(C(F)(F)F)ccc2Oc2ccc(Cl)cc2)c1O. The predicted molar refractivity (Wildman–Crippen MR) is 98.6 cm³/mol. The van der Waals surface area contributed by atoms with Gasteiger partial charge < -0.3 is 15.6 Å². The van der Waals surface area contributed by atoms with Crippen LogP contribution in [0, 0.1) is 0 Å². The van der Waals surface area contributed by atoms with Crippen LogP contribution in [0.1, 0.15) is 15.9 Å². The first kappa shape index (κ1) is 19.6. The van der Waals surface area contributed by atoms with E-state index >= 15 is 0 Å². The molecule has 0 unspecified atom stereocenters. The first-order chi connectivity index (χ1) is 13.2. The van der Waals surface area contributed by atoms with Crippen LogP contribution >= 0.6 is 11.6 Å². The monoisotopic (exact) mass is 407 g/mol. The van der Waals surface area contributed by atoms with E-state index in [1.807, 2.05) is 0 Å². The van der Waals surface area contributed by atoms with Crippen LogP contribution in [0.25, 0.3) is 11.1 Å². The molecule has 3 rings (SSSR count). The molecule has 4 nitrogen and oxygen atoms in total. The number of amides is 1. The summed E-state index contributed by atoms with van der Waals surface area (Å²) in [5.74, 6) is -1.06. The zero-order chi connectivity index (χ0) is 20.5. The van der Waals surface area contributed by atoms with E-state index in [1.165, 1.54) is 18.2 Å². The molecule has 3 aromatic rings. The molecule has 28 heavy (non-hydrogen) atoms. The summed E-state index contributed by atoms with van der Waals surface area (Å²) in [7, 11) is 0. The third-order valence-electron chi connectivity index (χ3n) is 3.94. The lowest BCUT2D eigenvalue weighted by Crippen LogP contribution is -2.11. The number of para-hydroxylation sites is 1. The maximum Gasteiger partial charge on any atom is 0.416 e. The van der Waals surface area contributed by atoms with Crippen molar-refractivity contribution in [2.24, 2.45) is 5.73 Å². The zero-order valence-electron chi connectivity index (χ0n) is 14.1. The molecule has 0 bridgehead atoms. The van der Waals surface area contributed by atoms with Crippen LogP contribution in [0.3, 0.4) is 0 Å². The number of primary amides is 1. The molecule has 0 heterocycles. The van der Waals surface area contributed by atoms with Gasteiger partial charge in [-0.2, -0.15) is 13.2 Å². The Balaban J connectivity index is 2.18. The highest BCUT2D eigenvalue weighted by Gasteiger charge is 2.32. The van der Waals surface area contributed by atoms with Gasteiger partial charge in [0, 0.05) is 16.1 Å². The van der Waals surface area contributed by atoms with Crippen molar-refractivity contribution in [3.8, 4) is 28.4 Å². The van der Waals surface area contributed by atoms with Crippen molar-refractivity contribution in [1.82, 2.24) is 0 Å². The average molecular weight is 408 g/mol. The van der Waals surface area contributed by atoms with Crippen LogP contribution in [0.15, 0.2) is 60.7 Å². The fraction of sp³-hybridized carbons (Fsp3) is 0.0500. The number of hydrogen-bond acceptors (Lipinski definition) is 3. The summed E-state index contributed by atoms with van der Waals surface area (Å²) in [6.07, 6.45) is -4.61. The van der Waals surface area contributed by atoms with Crippen molar-refractivity contribution in [2.45, 2.75) is 6.18 Å². The van der Waals surface area contributed by atoms with Gasteiger partial charge in [0.1, 0.15) is 17.2 Å². The van der Waals surface area contributed by atoms with E-state index in [0.717, 1.165) is 18.2 Å². The Bertz CT molecular complexity index is 1030. The fourth-order valence-corrected chi connectivity index (χ4v) is 2.72. The summed E-state index contributed by atoms with van der Waals surface area (Å²) in [6, 6.07) is 13.1. The molecule has 0 spiro atoms.